The van der Waals surface area contributed by atoms with Gasteiger partial charge in [-0.05, 0) is 36.4 Å². The smallest absolute Gasteiger partial charge is 0.271 e. The van der Waals surface area contributed by atoms with Gasteiger partial charge in [0.2, 0.25) is 0 Å². The number of carbonyl (C=O) groups excluding carboxylic acids is 2. The van der Waals surface area contributed by atoms with Crippen molar-refractivity contribution < 1.29 is 14.3 Å². The zero-order chi connectivity index (χ0) is 20.8. The van der Waals surface area contributed by atoms with Crippen LogP contribution in [0.3, 0.4) is 0 Å². The molecule has 2 amide bonds. The molecular formula is C22H23N3O3S2. The topological polar surface area (TPSA) is 80.3 Å². The second-order valence-corrected chi connectivity index (χ2v) is 9.04. The fourth-order valence-electron chi connectivity index (χ4n) is 3.51. The molecule has 30 heavy (non-hydrogen) atoms. The fourth-order valence-corrected chi connectivity index (χ4v) is 4.82. The summed E-state index contributed by atoms with van der Waals surface area (Å²) in [5.41, 5.74) is 0.389. The minimum absolute atomic E-state index is 0.0724. The number of thiazole rings is 1. The van der Waals surface area contributed by atoms with Gasteiger partial charge in [-0.1, -0.05) is 37.1 Å². The van der Waals surface area contributed by atoms with Crippen molar-refractivity contribution >= 4 is 34.5 Å². The first-order valence-corrected chi connectivity index (χ1v) is 11.7. The van der Waals surface area contributed by atoms with E-state index in [9.17, 15) is 9.59 Å². The van der Waals surface area contributed by atoms with E-state index in [0.717, 1.165) is 36.4 Å². The summed E-state index contributed by atoms with van der Waals surface area (Å²) >= 11 is 2.82. The van der Waals surface area contributed by atoms with Crippen molar-refractivity contribution in [1.29, 1.82) is 0 Å². The predicted octanol–water partition coefficient (Wildman–Crippen LogP) is 4.25. The molecule has 6 nitrogen and oxygen atoms in total. The minimum atomic E-state index is -0.209. The Morgan fingerprint density at radius 3 is 2.40 bits per heavy atom. The first-order chi connectivity index (χ1) is 14.7. The van der Waals surface area contributed by atoms with Crippen LogP contribution in [0.1, 0.15) is 50.9 Å². The highest BCUT2D eigenvalue weighted by Gasteiger charge is 2.29. The lowest BCUT2D eigenvalue weighted by molar-refractivity contribution is 0.0862. The molecule has 0 aliphatic heterocycles. The van der Waals surface area contributed by atoms with E-state index >= 15 is 0 Å². The summed E-state index contributed by atoms with van der Waals surface area (Å²) < 4.78 is 5.70. The Labute approximate surface area is 183 Å². The number of aromatic nitrogens is 1. The molecule has 3 aromatic rings. The third kappa shape index (κ3) is 5.25. The van der Waals surface area contributed by atoms with Crippen molar-refractivity contribution in [2.45, 2.75) is 44.4 Å². The number of amides is 2. The van der Waals surface area contributed by atoms with Gasteiger partial charge in [0, 0.05) is 17.5 Å². The fraction of sp³-hybridized carbons (Fsp3) is 0.318. The quantitative estimate of drug-likeness (QED) is 0.574. The van der Waals surface area contributed by atoms with Crippen LogP contribution in [0, 0.1) is 0 Å². The zero-order valence-electron chi connectivity index (χ0n) is 16.4. The highest BCUT2D eigenvalue weighted by atomic mass is 32.1. The van der Waals surface area contributed by atoms with Gasteiger partial charge in [0.25, 0.3) is 11.8 Å². The van der Waals surface area contributed by atoms with Crippen molar-refractivity contribution in [1.82, 2.24) is 15.6 Å². The Hall–Kier alpha value is -2.71. The third-order valence-corrected chi connectivity index (χ3v) is 6.72. The number of rotatable bonds is 7. The Kier molecular flexibility index (Phi) is 6.76. The average Bonchev–Trinajstić information content (AvgIpc) is 3.47. The van der Waals surface area contributed by atoms with Crippen molar-refractivity contribution in [3.05, 3.63) is 68.8 Å². The molecule has 1 aliphatic carbocycles. The molecule has 1 fully saturated rings. The van der Waals surface area contributed by atoms with Crippen LogP contribution in [0.15, 0.2) is 53.2 Å². The van der Waals surface area contributed by atoms with Gasteiger partial charge < -0.3 is 15.4 Å². The molecule has 0 spiro atoms. The lowest BCUT2D eigenvalue weighted by atomic mass is 9.90. The molecule has 4 rings (SSSR count). The second kappa shape index (κ2) is 9.86. The van der Waals surface area contributed by atoms with Crippen LogP contribution in [0.4, 0.5) is 0 Å². The number of para-hydroxylation sites is 1. The van der Waals surface area contributed by atoms with E-state index in [0.29, 0.717) is 17.2 Å². The van der Waals surface area contributed by atoms with Crippen LogP contribution in [-0.4, -0.2) is 28.9 Å². The number of carbonyl (C=O) groups is 2. The Balaban J connectivity index is 1.33. The van der Waals surface area contributed by atoms with Gasteiger partial charge in [-0.3, -0.25) is 9.59 Å². The summed E-state index contributed by atoms with van der Waals surface area (Å²) in [5.74, 6) is 0.481. The number of thiophene rings is 1. The summed E-state index contributed by atoms with van der Waals surface area (Å²) in [6.07, 6.45) is 3.77. The molecule has 2 N–H and O–H groups in total. The van der Waals surface area contributed by atoms with Gasteiger partial charge in [-0.25, -0.2) is 4.98 Å². The Bertz CT molecular complexity index is 973. The van der Waals surface area contributed by atoms with Crippen LogP contribution in [-0.2, 0) is 6.61 Å². The summed E-state index contributed by atoms with van der Waals surface area (Å²) in [4.78, 5) is 30.3. The standard InChI is InChI=1S/C22H23N3O3S2/c26-21(18-14-30-20(23-18)13-28-15-7-2-1-3-8-15)24-16-9-4-5-10-17(16)25-22(27)19-11-6-12-29-19/h1-3,6-8,11-12,14,16-17H,4-5,9-10,13H2,(H,24,26)(H,25,27)/t16-,17+/m0/s1. The summed E-state index contributed by atoms with van der Waals surface area (Å²) in [6.45, 7) is 0.324. The van der Waals surface area contributed by atoms with Crippen molar-refractivity contribution in [2.75, 3.05) is 0 Å². The van der Waals surface area contributed by atoms with Gasteiger partial charge >= 0.3 is 0 Å². The molecule has 0 radical (unpaired) electrons. The maximum Gasteiger partial charge on any atom is 0.271 e. The highest BCUT2D eigenvalue weighted by Crippen LogP contribution is 2.21. The Morgan fingerprint density at radius 1 is 0.967 bits per heavy atom. The number of nitrogens with zero attached hydrogens (tertiary/aromatic N) is 1. The summed E-state index contributed by atoms with van der Waals surface area (Å²) in [5, 5.41) is 10.5. The monoisotopic (exact) mass is 441 g/mol. The molecule has 0 saturated heterocycles. The maximum absolute atomic E-state index is 12.7. The van der Waals surface area contributed by atoms with E-state index in [-0.39, 0.29) is 23.9 Å². The molecule has 1 aromatic carbocycles. The first-order valence-electron chi connectivity index (χ1n) is 9.96. The van der Waals surface area contributed by atoms with E-state index in [4.69, 9.17) is 4.74 Å². The lowest BCUT2D eigenvalue weighted by Crippen LogP contribution is -2.53. The Morgan fingerprint density at radius 2 is 1.70 bits per heavy atom. The van der Waals surface area contributed by atoms with Crippen LogP contribution in [0.5, 0.6) is 5.75 Å². The van der Waals surface area contributed by atoms with Crippen LogP contribution >= 0.6 is 22.7 Å². The first kappa shape index (κ1) is 20.6. The molecule has 156 valence electrons. The van der Waals surface area contributed by atoms with E-state index in [2.05, 4.69) is 15.6 Å². The van der Waals surface area contributed by atoms with Gasteiger partial charge in [-0.15, -0.1) is 22.7 Å². The molecule has 8 heteroatoms. The van der Waals surface area contributed by atoms with Crippen molar-refractivity contribution in [3.8, 4) is 5.75 Å². The summed E-state index contributed by atoms with van der Waals surface area (Å²) in [6, 6.07) is 13.0. The molecule has 0 unspecified atom stereocenters. The number of ether oxygens (including phenoxy) is 1. The SMILES string of the molecule is O=C(N[C@H]1CCCC[C@H]1NC(=O)c1cccs1)c1csc(COc2ccccc2)n1. The molecule has 2 atom stereocenters. The molecular weight excluding hydrogens is 418 g/mol. The van der Waals surface area contributed by atoms with Gasteiger partial charge in [0.1, 0.15) is 23.1 Å². The number of nitrogens with one attached hydrogen (secondary N) is 2. The minimum Gasteiger partial charge on any atom is -0.486 e. The number of hydrogen-bond donors (Lipinski definition) is 2. The predicted molar refractivity (Wildman–Crippen MR) is 118 cm³/mol. The molecule has 1 aliphatic rings. The van der Waals surface area contributed by atoms with Gasteiger partial charge in [0.05, 0.1) is 4.88 Å². The largest absolute Gasteiger partial charge is 0.486 e. The average molecular weight is 442 g/mol. The zero-order valence-corrected chi connectivity index (χ0v) is 18.0. The van der Waals surface area contributed by atoms with E-state index in [1.54, 1.807) is 5.38 Å². The van der Waals surface area contributed by atoms with E-state index in [1.807, 2.05) is 47.8 Å². The number of hydrogen-bond acceptors (Lipinski definition) is 6. The van der Waals surface area contributed by atoms with Crippen molar-refractivity contribution in [3.63, 3.8) is 0 Å². The second-order valence-electron chi connectivity index (χ2n) is 7.15. The molecule has 1 saturated carbocycles. The van der Waals surface area contributed by atoms with Crippen LogP contribution < -0.4 is 15.4 Å². The van der Waals surface area contributed by atoms with Gasteiger partial charge in [0.15, 0.2) is 0 Å². The molecule has 2 aromatic heterocycles. The van der Waals surface area contributed by atoms with Gasteiger partial charge in [-0.2, -0.15) is 0 Å². The lowest BCUT2D eigenvalue weighted by Gasteiger charge is -2.32. The summed E-state index contributed by atoms with van der Waals surface area (Å²) in [7, 11) is 0. The normalized spacial score (nSPS) is 18.5. The molecule has 0 bridgehead atoms. The number of benzene rings is 1. The maximum atomic E-state index is 12.7. The van der Waals surface area contributed by atoms with E-state index < -0.39 is 0 Å². The third-order valence-electron chi connectivity index (χ3n) is 5.03. The van der Waals surface area contributed by atoms with E-state index in [1.165, 1.54) is 22.7 Å². The van der Waals surface area contributed by atoms with Crippen LogP contribution in [0.2, 0.25) is 0 Å². The molecule has 2 heterocycles. The van der Waals surface area contributed by atoms with Crippen LogP contribution in [0.25, 0.3) is 0 Å². The van der Waals surface area contributed by atoms with Crippen molar-refractivity contribution in [2.24, 2.45) is 0 Å². The highest BCUT2D eigenvalue weighted by molar-refractivity contribution is 7.12.